The predicted molar refractivity (Wildman–Crippen MR) is 65.1 cm³/mol. The Morgan fingerprint density at radius 2 is 2.25 bits per heavy atom. The van der Waals surface area contributed by atoms with Crippen molar-refractivity contribution >= 4 is 27.5 Å². The van der Waals surface area contributed by atoms with Gasteiger partial charge in [-0.05, 0) is 12.1 Å². The van der Waals surface area contributed by atoms with E-state index in [1.807, 2.05) is 18.2 Å². The molecule has 1 aromatic carbocycles. The third-order valence-corrected chi connectivity index (χ3v) is 3.20. The van der Waals surface area contributed by atoms with Crippen LogP contribution in [-0.2, 0) is 11.3 Å². The van der Waals surface area contributed by atoms with Crippen LogP contribution in [-0.4, -0.2) is 17.4 Å². The zero-order valence-corrected chi connectivity index (χ0v) is 9.59. The molecule has 1 amide bonds. The van der Waals surface area contributed by atoms with E-state index in [1.54, 1.807) is 11.3 Å². The molecular weight excluding hydrogens is 222 g/mol. The van der Waals surface area contributed by atoms with Gasteiger partial charge in [0.25, 0.3) is 0 Å². The third kappa shape index (κ3) is 2.77. The average molecular weight is 235 g/mol. The van der Waals surface area contributed by atoms with Crippen molar-refractivity contribution in [3.05, 3.63) is 29.3 Å². The van der Waals surface area contributed by atoms with Gasteiger partial charge in [-0.3, -0.25) is 4.79 Å². The van der Waals surface area contributed by atoms with E-state index >= 15 is 0 Å². The number of primary amides is 1. The van der Waals surface area contributed by atoms with Crippen molar-refractivity contribution in [1.29, 1.82) is 0 Å². The van der Waals surface area contributed by atoms with E-state index in [0.29, 0.717) is 19.5 Å². The minimum absolute atomic E-state index is 0.281. The van der Waals surface area contributed by atoms with Gasteiger partial charge in [-0.2, -0.15) is 0 Å². The fraction of sp³-hybridized carbons (Fsp3) is 0.273. The number of hydrogen-bond acceptors (Lipinski definition) is 4. The molecule has 2 rings (SSSR count). The number of carbonyl (C=O) groups excluding carboxylic acids is 1. The van der Waals surface area contributed by atoms with Gasteiger partial charge in [-0.1, -0.05) is 12.1 Å². The van der Waals surface area contributed by atoms with Gasteiger partial charge in [-0.15, -0.1) is 11.3 Å². The number of benzene rings is 1. The van der Waals surface area contributed by atoms with Gasteiger partial charge in [0.2, 0.25) is 5.91 Å². The van der Waals surface area contributed by atoms with Crippen LogP contribution in [0.1, 0.15) is 11.4 Å². The summed E-state index contributed by atoms with van der Waals surface area (Å²) >= 11 is 1.67. The second-order valence-corrected chi connectivity index (χ2v) is 4.58. The number of nitrogens with two attached hydrogens (primary N) is 1. The molecule has 0 fully saturated rings. The highest BCUT2D eigenvalue weighted by Crippen LogP contribution is 2.21. The van der Waals surface area contributed by atoms with E-state index in [4.69, 9.17) is 5.73 Å². The molecule has 0 aliphatic rings. The van der Waals surface area contributed by atoms with Crippen LogP contribution in [0.2, 0.25) is 0 Å². The van der Waals surface area contributed by atoms with Crippen LogP contribution in [0.15, 0.2) is 24.3 Å². The molecule has 4 nitrogen and oxygen atoms in total. The topological polar surface area (TPSA) is 68.0 Å². The minimum atomic E-state index is -0.281. The van der Waals surface area contributed by atoms with Gasteiger partial charge in [0.15, 0.2) is 0 Å². The van der Waals surface area contributed by atoms with E-state index in [0.717, 1.165) is 10.5 Å². The van der Waals surface area contributed by atoms with Crippen LogP contribution in [0, 0.1) is 0 Å². The highest BCUT2D eigenvalue weighted by Gasteiger charge is 2.02. The van der Waals surface area contributed by atoms with E-state index in [9.17, 15) is 4.79 Å². The number of aromatic nitrogens is 1. The summed E-state index contributed by atoms with van der Waals surface area (Å²) in [7, 11) is 0. The zero-order valence-electron chi connectivity index (χ0n) is 8.77. The van der Waals surface area contributed by atoms with Crippen molar-refractivity contribution in [2.24, 2.45) is 5.73 Å². The molecule has 0 saturated heterocycles. The van der Waals surface area contributed by atoms with Crippen molar-refractivity contribution in [2.75, 3.05) is 6.54 Å². The molecular formula is C11H13N3OS. The van der Waals surface area contributed by atoms with E-state index in [-0.39, 0.29) is 5.91 Å². The number of rotatable bonds is 5. The smallest absolute Gasteiger partial charge is 0.218 e. The molecule has 0 bridgehead atoms. The van der Waals surface area contributed by atoms with Gasteiger partial charge >= 0.3 is 0 Å². The molecule has 16 heavy (non-hydrogen) atoms. The van der Waals surface area contributed by atoms with Crippen molar-refractivity contribution < 1.29 is 4.79 Å². The Hall–Kier alpha value is -1.46. The van der Waals surface area contributed by atoms with Crippen molar-refractivity contribution in [3.8, 4) is 0 Å². The summed E-state index contributed by atoms with van der Waals surface area (Å²) < 4.78 is 1.19. The summed E-state index contributed by atoms with van der Waals surface area (Å²) in [5, 5.41) is 4.17. The monoisotopic (exact) mass is 235 g/mol. The first-order valence-corrected chi connectivity index (χ1v) is 5.91. The van der Waals surface area contributed by atoms with Crippen LogP contribution < -0.4 is 11.1 Å². The molecule has 0 atom stereocenters. The Labute approximate surface area is 97.5 Å². The highest BCUT2D eigenvalue weighted by molar-refractivity contribution is 7.18. The zero-order chi connectivity index (χ0) is 11.4. The summed E-state index contributed by atoms with van der Waals surface area (Å²) in [5.74, 6) is -0.281. The summed E-state index contributed by atoms with van der Waals surface area (Å²) in [6.07, 6.45) is 0.366. The van der Waals surface area contributed by atoms with Crippen LogP contribution in [0.5, 0.6) is 0 Å². The van der Waals surface area contributed by atoms with E-state index in [2.05, 4.69) is 16.4 Å². The molecule has 1 aromatic heterocycles. The molecule has 0 aliphatic heterocycles. The maximum atomic E-state index is 10.5. The molecule has 0 spiro atoms. The maximum absolute atomic E-state index is 10.5. The van der Waals surface area contributed by atoms with Crippen LogP contribution in [0.4, 0.5) is 0 Å². The maximum Gasteiger partial charge on any atom is 0.218 e. The fourth-order valence-corrected chi connectivity index (χ4v) is 2.34. The Morgan fingerprint density at radius 1 is 1.44 bits per heavy atom. The lowest BCUT2D eigenvalue weighted by atomic mass is 10.3. The summed E-state index contributed by atoms with van der Waals surface area (Å²) in [5.41, 5.74) is 6.07. The molecule has 0 aliphatic carbocycles. The largest absolute Gasteiger partial charge is 0.370 e. The lowest BCUT2D eigenvalue weighted by molar-refractivity contribution is -0.117. The molecule has 0 radical (unpaired) electrons. The number of amides is 1. The highest BCUT2D eigenvalue weighted by atomic mass is 32.1. The number of para-hydroxylation sites is 1. The normalized spacial score (nSPS) is 10.8. The molecule has 0 unspecified atom stereocenters. The molecule has 5 heteroatoms. The summed E-state index contributed by atoms with van der Waals surface area (Å²) in [6, 6.07) is 8.04. The van der Waals surface area contributed by atoms with E-state index in [1.165, 1.54) is 4.70 Å². The van der Waals surface area contributed by atoms with Crippen LogP contribution in [0.3, 0.4) is 0 Å². The van der Waals surface area contributed by atoms with Crippen molar-refractivity contribution in [2.45, 2.75) is 13.0 Å². The van der Waals surface area contributed by atoms with Gasteiger partial charge < -0.3 is 11.1 Å². The number of nitrogens with one attached hydrogen (secondary N) is 1. The SMILES string of the molecule is NC(=O)CCNCc1nc2ccccc2s1. The molecule has 2 aromatic rings. The third-order valence-electron chi connectivity index (χ3n) is 2.16. The number of nitrogens with zero attached hydrogens (tertiary/aromatic N) is 1. The summed E-state index contributed by atoms with van der Waals surface area (Å²) in [4.78, 5) is 15.0. The lowest BCUT2D eigenvalue weighted by Gasteiger charge is -1.98. The fourth-order valence-electron chi connectivity index (χ4n) is 1.40. The predicted octanol–water partition coefficient (Wildman–Crippen LogP) is 1.26. The van der Waals surface area contributed by atoms with E-state index < -0.39 is 0 Å². The second-order valence-electron chi connectivity index (χ2n) is 3.47. The summed E-state index contributed by atoms with van der Waals surface area (Å²) in [6.45, 7) is 1.29. The Bertz CT molecular complexity index is 462. The quantitative estimate of drug-likeness (QED) is 0.767. The number of fused-ring (bicyclic) bond motifs is 1. The first-order chi connectivity index (χ1) is 7.75. The molecule has 1 heterocycles. The second kappa shape index (κ2) is 5.05. The molecule has 84 valence electrons. The molecule has 0 saturated carbocycles. The minimum Gasteiger partial charge on any atom is -0.370 e. The lowest BCUT2D eigenvalue weighted by Crippen LogP contribution is -2.21. The number of carbonyl (C=O) groups is 1. The average Bonchev–Trinajstić information content (AvgIpc) is 2.66. The van der Waals surface area contributed by atoms with Gasteiger partial charge in [-0.25, -0.2) is 4.98 Å². The number of hydrogen-bond donors (Lipinski definition) is 2. The van der Waals surface area contributed by atoms with Crippen LogP contribution >= 0.6 is 11.3 Å². The Morgan fingerprint density at radius 3 is 3.00 bits per heavy atom. The Balaban J connectivity index is 1.92. The first-order valence-electron chi connectivity index (χ1n) is 5.09. The van der Waals surface area contributed by atoms with Crippen LogP contribution in [0.25, 0.3) is 10.2 Å². The van der Waals surface area contributed by atoms with Crippen molar-refractivity contribution in [1.82, 2.24) is 10.3 Å². The van der Waals surface area contributed by atoms with Crippen molar-refractivity contribution in [3.63, 3.8) is 0 Å². The van der Waals surface area contributed by atoms with Gasteiger partial charge in [0, 0.05) is 19.5 Å². The Kier molecular flexibility index (Phi) is 3.48. The van der Waals surface area contributed by atoms with Gasteiger partial charge in [0.1, 0.15) is 5.01 Å². The first kappa shape index (κ1) is 11.0. The van der Waals surface area contributed by atoms with Gasteiger partial charge in [0.05, 0.1) is 10.2 Å². The number of thiazole rings is 1. The standard InChI is InChI=1S/C11H13N3OS/c12-10(15)5-6-13-7-11-14-8-3-1-2-4-9(8)16-11/h1-4,13H,5-7H2,(H2,12,15). The molecule has 3 N–H and O–H groups in total.